The Morgan fingerprint density at radius 1 is 1.09 bits per heavy atom. The van der Waals surface area contributed by atoms with E-state index < -0.39 is 0 Å². The van der Waals surface area contributed by atoms with Crippen molar-refractivity contribution in [1.82, 2.24) is 14.9 Å². The molecule has 2 aliphatic rings. The molecule has 124 valence electrons. The van der Waals surface area contributed by atoms with Crippen LogP contribution in [-0.2, 0) is 4.74 Å². The number of morpholine rings is 1. The highest BCUT2D eigenvalue weighted by molar-refractivity contribution is 7.18. The zero-order valence-electron chi connectivity index (χ0n) is 13.9. The van der Waals surface area contributed by atoms with Gasteiger partial charge in [-0.3, -0.25) is 4.90 Å². The molecule has 2 aliphatic heterocycles. The molecular weight excluding hydrogens is 308 g/mol. The van der Waals surface area contributed by atoms with Crippen LogP contribution in [0.5, 0.6) is 0 Å². The standard InChI is InChI=1S/C17H24N4OS/c1-12-13(2)23-17-15(12)16(18-11-19-17)21-5-3-14(4-6-21)20-7-9-22-10-8-20/h11,14H,3-10H2,1-2H3. The Bertz CT molecular complexity index is 687. The Hall–Kier alpha value is -1.24. The summed E-state index contributed by atoms with van der Waals surface area (Å²) in [5.41, 5.74) is 1.34. The number of anilines is 1. The molecule has 0 amide bonds. The van der Waals surface area contributed by atoms with Crippen LogP contribution in [0.1, 0.15) is 23.3 Å². The van der Waals surface area contributed by atoms with E-state index in [4.69, 9.17) is 4.74 Å². The van der Waals surface area contributed by atoms with Crippen molar-refractivity contribution < 1.29 is 4.74 Å². The minimum atomic E-state index is 0.706. The minimum Gasteiger partial charge on any atom is -0.379 e. The van der Waals surface area contributed by atoms with Crippen LogP contribution in [-0.4, -0.2) is 60.3 Å². The lowest BCUT2D eigenvalue weighted by molar-refractivity contribution is 0.0115. The quantitative estimate of drug-likeness (QED) is 0.845. The first kappa shape index (κ1) is 15.3. The van der Waals surface area contributed by atoms with E-state index >= 15 is 0 Å². The molecule has 4 heterocycles. The molecule has 0 unspecified atom stereocenters. The number of hydrogen-bond donors (Lipinski definition) is 0. The monoisotopic (exact) mass is 332 g/mol. The Labute approximate surface area is 141 Å². The average Bonchev–Trinajstić information content (AvgIpc) is 2.90. The predicted molar refractivity (Wildman–Crippen MR) is 94.5 cm³/mol. The third-order valence-corrected chi connectivity index (χ3v) is 6.39. The molecule has 23 heavy (non-hydrogen) atoms. The van der Waals surface area contributed by atoms with Gasteiger partial charge in [-0.2, -0.15) is 0 Å². The van der Waals surface area contributed by atoms with Crippen LogP contribution in [0, 0.1) is 13.8 Å². The highest BCUT2D eigenvalue weighted by Gasteiger charge is 2.27. The second-order valence-electron chi connectivity index (χ2n) is 6.53. The van der Waals surface area contributed by atoms with Gasteiger partial charge >= 0.3 is 0 Å². The maximum absolute atomic E-state index is 5.48. The van der Waals surface area contributed by atoms with Gasteiger partial charge in [-0.25, -0.2) is 9.97 Å². The first-order valence-corrected chi connectivity index (χ1v) is 9.33. The molecule has 0 N–H and O–H groups in total. The van der Waals surface area contributed by atoms with Crippen LogP contribution in [0.3, 0.4) is 0 Å². The minimum absolute atomic E-state index is 0.706. The summed E-state index contributed by atoms with van der Waals surface area (Å²) in [7, 11) is 0. The number of piperidine rings is 1. The van der Waals surface area contributed by atoms with Gasteiger partial charge in [0.25, 0.3) is 0 Å². The Morgan fingerprint density at radius 2 is 1.83 bits per heavy atom. The lowest BCUT2D eigenvalue weighted by atomic mass is 10.0. The molecule has 0 saturated carbocycles. The second-order valence-corrected chi connectivity index (χ2v) is 7.73. The van der Waals surface area contributed by atoms with E-state index in [9.17, 15) is 0 Å². The van der Waals surface area contributed by atoms with E-state index in [0.717, 1.165) is 50.0 Å². The molecule has 2 aromatic heterocycles. The van der Waals surface area contributed by atoms with Crippen molar-refractivity contribution in [3.8, 4) is 0 Å². The fourth-order valence-corrected chi connectivity index (χ4v) is 4.78. The van der Waals surface area contributed by atoms with E-state index in [2.05, 4.69) is 33.6 Å². The third-order valence-electron chi connectivity index (χ3n) is 5.27. The SMILES string of the molecule is Cc1sc2ncnc(N3CCC(N4CCOCC4)CC3)c2c1C. The Morgan fingerprint density at radius 3 is 2.57 bits per heavy atom. The highest BCUT2D eigenvalue weighted by Crippen LogP contribution is 2.35. The van der Waals surface area contributed by atoms with Crippen LogP contribution in [0.15, 0.2) is 6.33 Å². The van der Waals surface area contributed by atoms with Gasteiger partial charge in [0.05, 0.1) is 18.6 Å². The van der Waals surface area contributed by atoms with Crippen molar-refractivity contribution in [2.24, 2.45) is 0 Å². The number of fused-ring (bicyclic) bond motifs is 1. The Balaban J connectivity index is 1.52. The van der Waals surface area contributed by atoms with E-state index in [0.29, 0.717) is 6.04 Å². The molecule has 0 aliphatic carbocycles. The van der Waals surface area contributed by atoms with Gasteiger partial charge in [0, 0.05) is 37.1 Å². The van der Waals surface area contributed by atoms with Crippen LogP contribution < -0.4 is 4.90 Å². The average molecular weight is 332 g/mol. The molecule has 2 fully saturated rings. The van der Waals surface area contributed by atoms with Gasteiger partial charge in [-0.05, 0) is 32.3 Å². The number of aryl methyl sites for hydroxylation is 2. The van der Waals surface area contributed by atoms with Gasteiger partial charge in [0.2, 0.25) is 0 Å². The summed E-state index contributed by atoms with van der Waals surface area (Å²) < 4.78 is 5.48. The molecule has 0 bridgehead atoms. The maximum atomic E-state index is 5.48. The van der Waals surface area contributed by atoms with E-state index in [1.54, 1.807) is 17.7 Å². The predicted octanol–water partition coefficient (Wildman–Crippen LogP) is 2.61. The lowest BCUT2D eigenvalue weighted by Gasteiger charge is -2.40. The number of rotatable bonds is 2. The summed E-state index contributed by atoms with van der Waals surface area (Å²) >= 11 is 1.78. The molecule has 0 radical (unpaired) electrons. The number of aromatic nitrogens is 2. The van der Waals surface area contributed by atoms with Crippen molar-refractivity contribution in [3.05, 3.63) is 16.8 Å². The van der Waals surface area contributed by atoms with Crippen LogP contribution >= 0.6 is 11.3 Å². The fourth-order valence-electron chi connectivity index (χ4n) is 3.79. The maximum Gasteiger partial charge on any atom is 0.141 e. The van der Waals surface area contributed by atoms with E-state index in [1.165, 1.54) is 28.7 Å². The number of thiophene rings is 1. The van der Waals surface area contributed by atoms with Crippen molar-refractivity contribution in [3.63, 3.8) is 0 Å². The first-order valence-electron chi connectivity index (χ1n) is 8.51. The largest absolute Gasteiger partial charge is 0.379 e. The molecule has 0 spiro atoms. The van der Waals surface area contributed by atoms with Crippen LogP contribution in [0.2, 0.25) is 0 Å². The molecule has 2 aromatic rings. The summed E-state index contributed by atoms with van der Waals surface area (Å²) in [5.74, 6) is 1.14. The van der Waals surface area contributed by atoms with Crippen LogP contribution in [0.25, 0.3) is 10.2 Å². The zero-order chi connectivity index (χ0) is 15.8. The third kappa shape index (κ3) is 2.84. The molecule has 0 atom stereocenters. The number of ether oxygens (including phenoxy) is 1. The molecule has 6 heteroatoms. The smallest absolute Gasteiger partial charge is 0.141 e. The summed E-state index contributed by atoms with van der Waals surface area (Å²) in [6.45, 7) is 10.5. The summed E-state index contributed by atoms with van der Waals surface area (Å²) in [4.78, 5) is 16.6. The van der Waals surface area contributed by atoms with Gasteiger partial charge in [0.15, 0.2) is 0 Å². The Kier molecular flexibility index (Phi) is 4.22. The van der Waals surface area contributed by atoms with E-state index in [1.807, 2.05) is 0 Å². The first-order chi connectivity index (χ1) is 11.2. The van der Waals surface area contributed by atoms with Crippen molar-refractivity contribution in [2.75, 3.05) is 44.3 Å². The number of hydrogen-bond acceptors (Lipinski definition) is 6. The van der Waals surface area contributed by atoms with Gasteiger partial charge in [0.1, 0.15) is 17.0 Å². The van der Waals surface area contributed by atoms with Crippen molar-refractivity contribution in [2.45, 2.75) is 32.7 Å². The van der Waals surface area contributed by atoms with Gasteiger partial charge in [-0.15, -0.1) is 11.3 Å². The normalized spacial score (nSPS) is 21.2. The van der Waals surface area contributed by atoms with Crippen molar-refractivity contribution in [1.29, 1.82) is 0 Å². The summed E-state index contributed by atoms with van der Waals surface area (Å²) in [6.07, 6.45) is 4.16. The zero-order valence-corrected chi connectivity index (χ0v) is 14.7. The highest BCUT2D eigenvalue weighted by atomic mass is 32.1. The topological polar surface area (TPSA) is 41.5 Å². The molecule has 5 nitrogen and oxygen atoms in total. The summed E-state index contributed by atoms with van der Waals surface area (Å²) in [5, 5.41) is 1.26. The molecular formula is C17H24N4OS. The molecule has 4 rings (SSSR count). The van der Waals surface area contributed by atoms with Crippen molar-refractivity contribution >= 4 is 27.4 Å². The molecule has 2 saturated heterocycles. The number of nitrogens with zero attached hydrogens (tertiary/aromatic N) is 4. The van der Waals surface area contributed by atoms with E-state index in [-0.39, 0.29) is 0 Å². The lowest BCUT2D eigenvalue weighted by Crippen LogP contribution is -2.49. The van der Waals surface area contributed by atoms with Gasteiger partial charge in [-0.1, -0.05) is 0 Å². The van der Waals surface area contributed by atoms with Crippen LogP contribution in [0.4, 0.5) is 5.82 Å². The molecule has 0 aromatic carbocycles. The van der Waals surface area contributed by atoms with Gasteiger partial charge < -0.3 is 9.64 Å². The fraction of sp³-hybridized carbons (Fsp3) is 0.647. The second kappa shape index (κ2) is 6.34. The summed E-state index contributed by atoms with van der Waals surface area (Å²) in [6, 6.07) is 0.706.